The Morgan fingerprint density at radius 3 is 2.60 bits per heavy atom. The van der Waals surface area contributed by atoms with Gasteiger partial charge in [0, 0.05) is 5.69 Å². The zero-order valence-corrected chi connectivity index (χ0v) is 9.47. The molecule has 1 aromatic carbocycles. The third-order valence-corrected chi connectivity index (χ3v) is 3.02. The maximum absolute atomic E-state index is 11.8. The minimum atomic E-state index is -0.464. The number of amides is 1. The van der Waals surface area contributed by atoms with Gasteiger partial charge in [0.2, 0.25) is 5.91 Å². The van der Waals surface area contributed by atoms with Crippen LogP contribution in [0.25, 0.3) is 0 Å². The minimum absolute atomic E-state index is 0.0499. The van der Waals surface area contributed by atoms with Gasteiger partial charge in [-0.25, -0.2) is 0 Å². The lowest BCUT2D eigenvalue weighted by Gasteiger charge is -2.16. The number of anilines is 1. The number of benzene rings is 1. The van der Waals surface area contributed by atoms with Crippen molar-refractivity contribution in [3.63, 3.8) is 0 Å². The molecule has 1 aliphatic rings. The van der Waals surface area contributed by atoms with Gasteiger partial charge in [-0.15, -0.1) is 0 Å². The van der Waals surface area contributed by atoms with Crippen LogP contribution < -0.4 is 10.1 Å². The molecule has 0 unspecified atom stereocenters. The van der Waals surface area contributed by atoms with Crippen LogP contribution in [0.1, 0.15) is 25.0 Å². The first-order valence-electron chi connectivity index (χ1n) is 4.97. The molecule has 1 N–H and O–H groups in total. The van der Waals surface area contributed by atoms with E-state index in [-0.39, 0.29) is 5.91 Å². The van der Waals surface area contributed by atoms with Gasteiger partial charge in [-0.2, -0.15) is 0 Å². The van der Waals surface area contributed by atoms with E-state index in [0.717, 1.165) is 22.6 Å². The van der Waals surface area contributed by atoms with Crippen molar-refractivity contribution in [3.05, 3.63) is 23.3 Å². The molecule has 3 heteroatoms. The predicted octanol–water partition coefficient (Wildman–Crippen LogP) is 2.23. The van der Waals surface area contributed by atoms with Gasteiger partial charge >= 0.3 is 0 Å². The minimum Gasteiger partial charge on any atom is -0.497 e. The first kappa shape index (κ1) is 10.0. The van der Waals surface area contributed by atoms with E-state index in [1.54, 1.807) is 7.11 Å². The van der Waals surface area contributed by atoms with Gasteiger partial charge in [-0.3, -0.25) is 4.79 Å². The van der Waals surface area contributed by atoms with Gasteiger partial charge in [0.25, 0.3) is 0 Å². The number of methoxy groups -OCH3 is 1. The lowest BCUT2D eigenvalue weighted by atomic mass is 9.85. The van der Waals surface area contributed by atoms with Crippen molar-refractivity contribution in [3.8, 4) is 5.75 Å². The van der Waals surface area contributed by atoms with Crippen LogP contribution in [0.4, 0.5) is 5.69 Å². The highest BCUT2D eigenvalue weighted by molar-refractivity contribution is 6.06. The smallest absolute Gasteiger partial charge is 0.234 e. The molecule has 0 saturated carbocycles. The van der Waals surface area contributed by atoms with Gasteiger partial charge in [0.05, 0.1) is 12.5 Å². The summed E-state index contributed by atoms with van der Waals surface area (Å²) in [6.07, 6.45) is 0. The number of hydrogen-bond donors (Lipinski definition) is 1. The second-order valence-corrected chi connectivity index (χ2v) is 4.45. The summed E-state index contributed by atoms with van der Waals surface area (Å²) in [5.41, 5.74) is 2.53. The molecule has 3 nitrogen and oxygen atoms in total. The van der Waals surface area contributed by atoms with Gasteiger partial charge < -0.3 is 10.1 Å². The second-order valence-electron chi connectivity index (χ2n) is 4.45. The highest BCUT2D eigenvalue weighted by Crippen LogP contribution is 2.41. The van der Waals surface area contributed by atoms with Crippen molar-refractivity contribution in [1.29, 1.82) is 0 Å². The number of ether oxygens (including phenoxy) is 1. The van der Waals surface area contributed by atoms with E-state index in [1.807, 2.05) is 32.9 Å². The molecular weight excluding hydrogens is 190 g/mol. The average molecular weight is 205 g/mol. The number of carbonyl (C=O) groups is 1. The summed E-state index contributed by atoms with van der Waals surface area (Å²) in [6.45, 7) is 5.82. The summed E-state index contributed by atoms with van der Waals surface area (Å²) in [6, 6.07) is 3.86. The lowest BCUT2D eigenvalue weighted by molar-refractivity contribution is -0.119. The molecule has 1 heterocycles. The van der Waals surface area contributed by atoms with Crippen LogP contribution in [0, 0.1) is 6.92 Å². The molecular formula is C12H15NO2. The zero-order chi connectivity index (χ0) is 11.2. The number of hydrogen-bond acceptors (Lipinski definition) is 2. The fourth-order valence-corrected chi connectivity index (χ4v) is 1.92. The van der Waals surface area contributed by atoms with Crippen molar-refractivity contribution < 1.29 is 9.53 Å². The van der Waals surface area contributed by atoms with Gasteiger partial charge in [-0.05, 0) is 44.0 Å². The Bertz CT molecular complexity index is 435. The second kappa shape index (κ2) is 2.99. The molecule has 0 saturated heterocycles. The van der Waals surface area contributed by atoms with Crippen LogP contribution >= 0.6 is 0 Å². The Hall–Kier alpha value is -1.51. The number of nitrogens with one attached hydrogen (secondary N) is 1. The molecule has 0 fully saturated rings. The van der Waals surface area contributed by atoms with Crippen LogP contribution in [0.2, 0.25) is 0 Å². The van der Waals surface area contributed by atoms with E-state index >= 15 is 0 Å². The van der Waals surface area contributed by atoms with E-state index in [0.29, 0.717) is 0 Å². The molecule has 0 atom stereocenters. The highest BCUT2D eigenvalue weighted by atomic mass is 16.5. The van der Waals surface area contributed by atoms with Gasteiger partial charge in [0.1, 0.15) is 5.75 Å². The summed E-state index contributed by atoms with van der Waals surface area (Å²) in [5.74, 6) is 0.852. The summed E-state index contributed by atoms with van der Waals surface area (Å²) in [4.78, 5) is 11.8. The van der Waals surface area contributed by atoms with Crippen LogP contribution in [-0.4, -0.2) is 13.0 Å². The first-order chi connectivity index (χ1) is 6.96. The summed E-state index contributed by atoms with van der Waals surface area (Å²) in [7, 11) is 1.64. The van der Waals surface area contributed by atoms with E-state index in [9.17, 15) is 4.79 Å². The molecule has 1 amide bonds. The molecule has 1 aromatic rings. The number of aryl methyl sites for hydroxylation is 1. The Morgan fingerprint density at radius 2 is 2.00 bits per heavy atom. The number of carbonyl (C=O) groups excluding carboxylic acids is 1. The quantitative estimate of drug-likeness (QED) is 0.763. The predicted molar refractivity (Wildman–Crippen MR) is 59.4 cm³/mol. The third-order valence-electron chi connectivity index (χ3n) is 3.02. The molecule has 80 valence electrons. The Kier molecular flexibility index (Phi) is 2.00. The van der Waals surface area contributed by atoms with Crippen molar-refractivity contribution >= 4 is 11.6 Å². The van der Waals surface area contributed by atoms with E-state index in [4.69, 9.17) is 4.74 Å². The molecule has 0 aromatic heterocycles. The van der Waals surface area contributed by atoms with E-state index in [2.05, 4.69) is 5.32 Å². The van der Waals surface area contributed by atoms with Crippen molar-refractivity contribution in [2.24, 2.45) is 0 Å². The Morgan fingerprint density at radius 1 is 1.33 bits per heavy atom. The molecule has 2 rings (SSSR count). The van der Waals surface area contributed by atoms with Crippen LogP contribution in [0.3, 0.4) is 0 Å². The summed E-state index contributed by atoms with van der Waals surface area (Å²) < 4.78 is 5.21. The molecule has 0 spiro atoms. The number of rotatable bonds is 1. The van der Waals surface area contributed by atoms with Gasteiger partial charge in [-0.1, -0.05) is 0 Å². The monoisotopic (exact) mass is 205 g/mol. The zero-order valence-electron chi connectivity index (χ0n) is 9.47. The third kappa shape index (κ3) is 1.30. The largest absolute Gasteiger partial charge is 0.497 e. The lowest BCUT2D eigenvalue weighted by Crippen LogP contribution is -2.26. The van der Waals surface area contributed by atoms with Crippen molar-refractivity contribution in [1.82, 2.24) is 0 Å². The van der Waals surface area contributed by atoms with Crippen molar-refractivity contribution in [2.75, 3.05) is 12.4 Å². The normalized spacial score (nSPS) is 17.2. The molecule has 0 bridgehead atoms. The molecule has 0 aliphatic carbocycles. The molecule has 0 radical (unpaired) electrons. The van der Waals surface area contributed by atoms with Crippen LogP contribution in [0.15, 0.2) is 12.1 Å². The van der Waals surface area contributed by atoms with Crippen molar-refractivity contribution in [2.45, 2.75) is 26.2 Å². The molecule has 1 aliphatic heterocycles. The SMILES string of the molecule is COc1cc(C)c2c(c1)C(C)(C)C(=O)N2. The summed E-state index contributed by atoms with van der Waals surface area (Å²) in [5, 5.41) is 2.91. The van der Waals surface area contributed by atoms with E-state index in [1.165, 1.54) is 0 Å². The van der Waals surface area contributed by atoms with Crippen LogP contribution in [-0.2, 0) is 10.2 Å². The fourth-order valence-electron chi connectivity index (χ4n) is 1.92. The topological polar surface area (TPSA) is 38.3 Å². The van der Waals surface area contributed by atoms with Crippen LogP contribution in [0.5, 0.6) is 5.75 Å². The van der Waals surface area contributed by atoms with Gasteiger partial charge in [0.15, 0.2) is 0 Å². The Balaban J connectivity index is 2.66. The standard InChI is InChI=1S/C12H15NO2/c1-7-5-8(15-4)6-9-10(7)13-11(14)12(9,2)3/h5-6H,1-4H3,(H,13,14). The highest BCUT2D eigenvalue weighted by Gasteiger charge is 2.39. The number of fused-ring (bicyclic) bond motifs is 1. The maximum Gasteiger partial charge on any atom is 0.234 e. The first-order valence-corrected chi connectivity index (χ1v) is 4.97. The molecule has 15 heavy (non-hydrogen) atoms. The summed E-state index contributed by atoms with van der Waals surface area (Å²) >= 11 is 0. The Labute approximate surface area is 89.4 Å². The fraction of sp³-hybridized carbons (Fsp3) is 0.417. The average Bonchev–Trinajstić information content (AvgIpc) is 2.41. The maximum atomic E-state index is 11.8. The van der Waals surface area contributed by atoms with E-state index < -0.39 is 5.41 Å².